The monoisotopic (exact) mass is 244 g/mol. The van der Waals surface area contributed by atoms with Crippen LogP contribution in [0.4, 0.5) is 10.1 Å². The van der Waals surface area contributed by atoms with Crippen LogP contribution in [0.5, 0.6) is 5.75 Å². The van der Waals surface area contributed by atoms with E-state index in [4.69, 9.17) is 9.57 Å². The van der Waals surface area contributed by atoms with E-state index in [1.54, 1.807) is 0 Å². The van der Waals surface area contributed by atoms with E-state index in [2.05, 4.69) is 0 Å². The molecule has 92 valence electrons. The smallest absolute Gasteiger partial charge is 0.313 e. The maximum absolute atomic E-state index is 13.0. The molecule has 1 atom stereocenters. The molecule has 0 saturated carbocycles. The van der Waals surface area contributed by atoms with Crippen molar-refractivity contribution < 1.29 is 24.0 Å². The number of ether oxygens (including phenoxy) is 1. The number of rotatable bonds is 3. The molecule has 1 fully saturated rings. The molecular formula is C9H9FN2O5. The summed E-state index contributed by atoms with van der Waals surface area (Å²) in [6, 6.07) is 2.83. The SMILES string of the molecule is O=[N+]([O-])c1ccc(F)cc1ON1COC[C@@H]1O. The maximum Gasteiger partial charge on any atom is 0.313 e. The second-order valence-electron chi connectivity index (χ2n) is 3.36. The molecule has 1 N–H and O–H groups in total. The lowest BCUT2D eigenvalue weighted by Gasteiger charge is -2.17. The Bertz CT molecular complexity index is 441. The summed E-state index contributed by atoms with van der Waals surface area (Å²) < 4.78 is 17.8. The molecule has 0 unspecified atom stereocenters. The van der Waals surface area contributed by atoms with Crippen LogP contribution in [0.2, 0.25) is 0 Å². The molecule has 0 radical (unpaired) electrons. The zero-order valence-corrected chi connectivity index (χ0v) is 8.58. The molecule has 1 aliphatic heterocycles. The summed E-state index contributed by atoms with van der Waals surface area (Å²) in [5.74, 6) is -0.945. The van der Waals surface area contributed by atoms with Crippen LogP contribution in [0.3, 0.4) is 0 Å². The van der Waals surface area contributed by atoms with Crippen molar-refractivity contribution in [2.24, 2.45) is 0 Å². The van der Waals surface area contributed by atoms with E-state index in [0.717, 1.165) is 23.3 Å². The largest absolute Gasteiger partial charge is 0.394 e. The fraction of sp³-hybridized carbons (Fsp3) is 0.333. The molecule has 0 spiro atoms. The topological polar surface area (TPSA) is 85.1 Å². The van der Waals surface area contributed by atoms with Gasteiger partial charge < -0.3 is 14.7 Å². The summed E-state index contributed by atoms with van der Waals surface area (Å²) in [6.45, 7) is -0.0159. The Morgan fingerprint density at radius 1 is 1.65 bits per heavy atom. The Kier molecular flexibility index (Phi) is 3.18. The number of hydroxylamine groups is 2. The molecule has 17 heavy (non-hydrogen) atoms. The van der Waals surface area contributed by atoms with E-state index in [1.807, 2.05) is 0 Å². The predicted octanol–water partition coefficient (Wildman–Crippen LogP) is 0.636. The lowest BCUT2D eigenvalue weighted by Crippen LogP contribution is -2.33. The van der Waals surface area contributed by atoms with Crippen molar-refractivity contribution in [2.45, 2.75) is 6.23 Å². The van der Waals surface area contributed by atoms with Crippen molar-refractivity contribution in [3.63, 3.8) is 0 Å². The van der Waals surface area contributed by atoms with Gasteiger partial charge in [0.1, 0.15) is 12.5 Å². The summed E-state index contributed by atoms with van der Waals surface area (Å²) in [5.41, 5.74) is -0.384. The Morgan fingerprint density at radius 3 is 3.00 bits per heavy atom. The lowest BCUT2D eigenvalue weighted by molar-refractivity contribution is -0.387. The van der Waals surface area contributed by atoms with Gasteiger partial charge in [0, 0.05) is 12.1 Å². The first kappa shape index (κ1) is 11.7. The van der Waals surface area contributed by atoms with Crippen LogP contribution in [0.15, 0.2) is 18.2 Å². The van der Waals surface area contributed by atoms with Gasteiger partial charge in [0.15, 0.2) is 6.23 Å². The number of aliphatic hydroxyl groups excluding tert-OH is 1. The standard InChI is InChI=1S/C9H9FN2O5/c10-6-1-2-7(12(14)15)8(3-6)17-11-5-16-4-9(11)13/h1-3,9,13H,4-5H2/t9-/m0/s1. The van der Waals surface area contributed by atoms with Crippen LogP contribution in [-0.4, -0.2) is 34.7 Å². The summed E-state index contributed by atoms with van der Waals surface area (Å²) >= 11 is 0. The molecule has 1 heterocycles. The Balaban J connectivity index is 2.24. The third-order valence-corrected chi connectivity index (χ3v) is 2.15. The van der Waals surface area contributed by atoms with Crippen LogP contribution < -0.4 is 4.84 Å². The molecule has 1 aromatic carbocycles. The molecule has 1 aliphatic rings. The molecule has 0 aromatic heterocycles. The van der Waals surface area contributed by atoms with Gasteiger partial charge in [-0.3, -0.25) is 10.1 Å². The summed E-state index contributed by atoms with van der Waals surface area (Å²) in [4.78, 5) is 15.0. The number of aliphatic hydroxyl groups is 1. The van der Waals surface area contributed by atoms with Gasteiger partial charge in [-0.15, -0.1) is 0 Å². The van der Waals surface area contributed by atoms with Crippen molar-refractivity contribution in [1.29, 1.82) is 0 Å². The zero-order chi connectivity index (χ0) is 12.4. The van der Waals surface area contributed by atoms with Crippen molar-refractivity contribution >= 4 is 5.69 Å². The molecule has 0 aliphatic carbocycles. The van der Waals surface area contributed by atoms with Gasteiger partial charge in [-0.05, 0) is 6.07 Å². The summed E-state index contributed by atoms with van der Waals surface area (Å²) in [5, 5.41) is 21.0. The average molecular weight is 244 g/mol. The van der Waals surface area contributed by atoms with Crippen LogP contribution >= 0.6 is 0 Å². The van der Waals surface area contributed by atoms with Gasteiger partial charge in [0.25, 0.3) is 0 Å². The van der Waals surface area contributed by atoms with Gasteiger partial charge in [-0.25, -0.2) is 4.39 Å². The highest BCUT2D eigenvalue weighted by molar-refractivity contribution is 5.46. The van der Waals surface area contributed by atoms with Crippen LogP contribution in [-0.2, 0) is 4.74 Å². The van der Waals surface area contributed by atoms with E-state index < -0.39 is 17.0 Å². The molecule has 7 nitrogen and oxygen atoms in total. The zero-order valence-electron chi connectivity index (χ0n) is 8.58. The number of nitrogens with zero attached hydrogens (tertiary/aromatic N) is 2. The number of hydrogen-bond donors (Lipinski definition) is 1. The van der Waals surface area contributed by atoms with E-state index in [1.165, 1.54) is 0 Å². The first-order chi connectivity index (χ1) is 8.08. The van der Waals surface area contributed by atoms with Gasteiger partial charge in [-0.2, -0.15) is 0 Å². The molecule has 2 rings (SSSR count). The number of nitro benzene ring substituents is 1. The quantitative estimate of drug-likeness (QED) is 0.620. The molecule has 8 heteroatoms. The van der Waals surface area contributed by atoms with E-state index in [0.29, 0.717) is 0 Å². The van der Waals surface area contributed by atoms with Crippen molar-refractivity contribution in [2.75, 3.05) is 13.3 Å². The average Bonchev–Trinajstić information content (AvgIpc) is 2.64. The number of hydrogen-bond acceptors (Lipinski definition) is 6. The Hall–Kier alpha value is -1.77. The molecule has 0 bridgehead atoms. The Labute approximate surface area is 95.1 Å². The predicted molar refractivity (Wildman–Crippen MR) is 52.3 cm³/mol. The first-order valence-corrected chi connectivity index (χ1v) is 4.72. The van der Waals surface area contributed by atoms with E-state index in [-0.39, 0.29) is 24.8 Å². The van der Waals surface area contributed by atoms with Gasteiger partial charge >= 0.3 is 5.69 Å². The van der Waals surface area contributed by atoms with Crippen LogP contribution in [0.25, 0.3) is 0 Å². The molecule has 1 aromatic rings. The Morgan fingerprint density at radius 2 is 2.41 bits per heavy atom. The van der Waals surface area contributed by atoms with Crippen molar-refractivity contribution in [1.82, 2.24) is 5.06 Å². The first-order valence-electron chi connectivity index (χ1n) is 4.72. The van der Waals surface area contributed by atoms with Gasteiger partial charge in [0.2, 0.25) is 5.75 Å². The van der Waals surface area contributed by atoms with E-state index >= 15 is 0 Å². The van der Waals surface area contributed by atoms with Crippen LogP contribution in [0.1, 0.15) is 0 Å². The minimum atomic E-state index is -1.03. The fourth-order valence-electron chi connectivity index (χ4n) is 1.34. The molecular weight excluding hydrogens is 235 g/mol. The number of halogens is 1. The van der Waals surface area contributed by atoms with E-state index in [9.17, 15) is 19.6 Å². The normalized spacial score (nSPS) is 20.5. The minimum absolute atomic E-state index is 0.0309. The minimum Gasteiger partial charge on any atom is -0.394 e. The summed E-state index contributed by atoms with van der Waals surface area (Å²) in [7, 11) is 0. The van der Waals surface area contributed by atoms with Crippen molar-refractivity contribution in [3.8, 4) is 5.75 Å². The fourth-order valence-corrected chi connectivity index (χ4v) is 1.34. The van der Waals surface area contributed by atoms with Gasteiger partial charge in [0.05, 0.1) is 11.5 Å². The molecule has 0 amide bonds. The second kappa shape index (κ2) is 4.62. The highest BCUT2D eigenvalue weighted by Gasteiger charge is 2.28. The number of nitro groups is 1. The third kappa shape index (κ3) is 2.49. The highest BCUT2D eigenvalue weighted by atomic mass is 19.1. The van der Waals surface area contributed by atoms with Gasteiger partial charge in [-0.1, -0.05) is 5.06 Å². The van der Waals surface area contributed by atoms with Crippen molar-refractivity contribution in [3.05, 3.63) is 34.1 Å². The molecule has 1 saturated heterocycles. The third-order valence-electron chi connectivity index (χ3n) is 2.15. The summed E-state index contributed by atoms with van der Waals surface area (Å²) in [6.07, 6.45) is -1.03. The number of benzene rings is 1. The lowest BCUT2D eigenvalue weighted by atomic mass is 10.3. The highest BCUT2D eigenvalue weighted by Crippen LogP contribution is 2.29. The maximum atomic E-state index is 13.0. The second-order valence-corrected chi connectivity index (χ2v) is 3.36. The van der Waals surface area contributed by atoms with Crippen LogP contribution in [0, 0.1) is 15.9 Å².